The lowest BCUT2D eigenvalue weighted by Crippen LogP contribution is -2.23. The number of benzene rings is 2. The zero-order valence-electron chi connectivity index (χ0n) is 14.5. The summed E-state index contributed by atoms with van der Waals surface area (Å²) in [5.74, 6) is 0.638. The molecular weight excluding hydrogens is 326 g/mol. The Labute approximate surface area is 151 Å². The average Bonchev–Trinajstić information content (AvgIpc) is 3.12. The SMILES string of the molecule is CCOc1ccccc1CNC(=O)c1cc2ccc3cccnc3c2[nH]1. The maximum absolute atomic E-state index is 12.6. The molecule has 0 saturated carbocycles. The average molecular weight is 345 g/mol. The zero-order valence-corrected chi connectivity index (χ0v) is 14.5. The third-order valence-corrected chi connectivity index (χ3v) is 4.32. The first-order chi connectivity index (χ1) is 12.8. The van der Waals surface area contributed by atoms with Crippen LogP contribution in [0.5, 0.6) is 5.75 Å². The van der Waals surface area contributed by atoms with Crippen LogP contribution in [0.1, 0.15) is 23.0 Å². The largest absolute Gasteiger partial charge is 0.494 e. The fourth-order valence-electron chi connectivity index (χ4n) is 3.08. The van der Waals surface area contributed by atoms with Crippen molar-refractivity contribution in [1.29, 1.82) is 0 Å². The van der Waals surface area contributed by atoms with Crippen LogP contribution in [0.25, 0.3) is 21.8 Å². The molecule has 5 heteroatoms. The number of fused-ring (bicyclic) bond motifs is 3. The number of hydrogen-bond donors (Lipinski definition) is 2. The molecule has 2 aromatic carbocycles. The highest BCUT2D eigenvalue weighted by atomic mass is 16.5. The van der Waals surface area contributed by atoms with Crippen LogP contribution >= 0.6 is 0 Å². The lowest BCUT2D eigenvalue weighted by Gasteiger charge is -2.10. The molecule has 0 radical (unpaired) electrons. The standard InChI is InChI=1S/C21H19N3O2/c1-2-26-18-8-4-3-6-16(18)13-23-21(25)17-12-15-10-9-14-7-5-11-22-19(14)20(15)24-17/h3-12,24H,2,13H2,1H3,(H,23,25). The lowest BCUT2D eigenvalue weighted by molar-refractivity contribution is 0.0946. The number of aromatic nitrogens is 2. The highest BCUT2D eigenvalue weighted by molar-refractivity contribution is 6.07. The van der Waals surface area contributed by atoms with Crippen LogP contribution in [0, 0.1) is 0 Å². The van der Waals surface area contributed by atoms with Crippen LogP contribution in [0.4, 0.5) is 0 Å². The van der Waals surface area contributed by atoms with Crippen molar-refractivity contribution in [2.75, 3.05) is 6.61 Å². The summed E-state index contributed by atoms with van der Waals surface area (Å²) in [7, 11) is 0. The molecule has 0 unspecified atom stereocenters. The van der Waals surface area contributed by atoms with Crippen molar-refractivity contribution in [1.82, 2.24) is 15.3 Å². The Bertz CT molecular complexity index is 1080. The summed E-state index contributed by atoms with van der Waals surface area (Å²) >= 11 is 0. The van der Waals surface area contributed by atoms with E-state index in [-0.39, 0.29) is 5.91 Å². The van der Waals surface area contributed by atoms with Crippen LogP contribution in [0.15, 0.2) is 60.8 Å². The number of amides is 1. The molecule has 0 bridgehead atoms. The molecule has 4 aromatic rings. The molecule has 26 heavy (non-hydrogen) atoms. The number of para-hydroxylation sites is 1. The summed E-state index contributed by atoms with van der Waals surface area (Å²) < 4.78 is 5.60. The first kappa shape index (κ1) is 16.1. The fraction of sp³-hybridized carbons (Fsp3) is 0.143. The summed E-state index contributed by atoms with van der Waals surface area (Å²) in [6.45, 7) is 2.94. The number of hydrogen-bond acceptors (Lipinski definition) is 3. The minimum atomic E-state index is -0.156. The van der Waals surface area contributed by atoms with Crippen LogP contribution in [0.2, 0.25) is 0 Å². The summed E-state index contributed by atoms with van der Waals surface area (Å²) in [4.78, 5) is 20.2. The van der Waals surface area contributed by atoms with Crippen LogP contribution < -0.4 is 10.1 Å². The number of nitrogens with one attached hydrogen (secondary N) is 2. The van der Waals surface area contributed by atoms with Crippen molar-refractivity contribution >= 4 is 27.7 Å². The van der Waals surface area contributed by atoms with Gasteiger partial charge in [-0.05, 0) is 25.1 Å². The molecule has 0 aliphatic heterocycles. The van der Waals surface area contributed by atoms with E-state index in [1.807, 2.05) is 61.5 Å². The molecule has 2 heterocycles. The molecular formula is C21H19N3O2. The number of H-pyrrole nitrogens is 1. The second-order valence-electron chi connectivity index (χ2n) is 6.01. The van der Waals surface area contributed by atoms with E-state index in [0.29, 0.717) is 18.8 Å². The number of pyridine rings is 1. The molecule has 0 aliphatic rings. The van der Waals surface area contributed by atoms with Gasteiger partial charge in [-0.3, -0.25) is 9.78 Å². The Morgan fingerprint density at radius 3 is 2.85 bits per heavy atom. The Kier molecular flexibility index (Phi) is 4.27. The Morgan fingerprint density at radius 1 is 1.12 bits per heavy atom. The molecule has 1 amide bonds. The monoisotopic (exact) mass is 345 g/mol. The van der Waals surface area contributed by atoms with E-state index in [2.05, 4.69) is 15.3 Å². The van der Waals surface area contributed by atoms with E-state index < -0.39 is 0 Å². The van der Waals surface area contributed by atoms with Crippen molar-refractivity contribution < 1.29 is 9.53 Å². The van der Waals surface area contributed by atoms with Gasteiger partial charge in [-0.25, -0.2) is 0 Å². The molecule has 0 spiro atoms. The van der Waals surface area contributed by atoms with E-state index in [4.69, 9.17) is 4.74 Å². The molecule has 2 aromatic heterocycles. The topological polar surface area (TPSA) is 67.0 Å². The van der Waals surface area contributed by atoms with Gasteiger partial charge >= 0.3 is 0 Å². The molecule has 0 aliphatic carbocycles. The maximum Gasteiger partial charge on any atom is 0.268 e. The van der Waals surface area contributed by atoms with Gasteiger partial charge in [0.15, 0.2) is 0 Å². The number of ether oxygens (including phenoxy) is 1. The quantitative estimate of drug-likeness (QED) is 0.573. The van der Waals surface area contributed by atoms with Crippen molar-refractivity contribution in [2.45, 2.75) is 13.5 Å². The molecule has 0 saturated heterocycles. The molecule has 4 rings (SSSR count). The first-order valence-electron chi connectivity index (χ1n) is 8.61. The summed E-state index contributed by atoms with van der Waals surface area (Å²) in [6, 6.07) is 17.5. The van der Waals surface area contributed by atoms with Gasteiger partial charge in [0.1, 0.15) is 11.4 Å². The van der Waals surface area contributed by atoms with Gasteiger partial charge in [0, 0.05) is 29.1 Å². The van der Waals surface area contributed by atoms with Crippen LogP contribution in [0.3, 0.4) is 0 Å². The Hall–Kier alpha value is -3.34. The second-order valence-corrected chi connectivity index (χ2v) is 6.01. The Morgan fingerprint density at radius 2 is 1.96 bits per heavy atom. The van der Waals surface area contributed by atoms with Gasteiger partial charge < -0.3 is 15.0 Å². The number of nitrogens with zero attached hydrogens (tertiary/aromatic N) is 1. The number of carbonyl (C=O) groups excluding carboxylic acids is 1. The van der Waals surface area contributed by atoms with E-state index >= 15 is 0 Å². The molecule has 2 N–H and O–H groups in total. The summed E-state index contributed by atoms with van der Waals surface area (Å²) in [6.07, 6.45) is 1.76. The number of carbonyl (C=O) groups is 1. The van der Waals surface area contributed by atoms with Crippen molar-refractivity contribution in [3.05, 3.63) is 72.1 Å². The van der Waals surface area contributed by atoms with Gasteiger partial charge in [0.05, 0.1) is 17.6 Å². The predicted octanol–water partition coefficient (Wildman–Crippen LogP) is 4.04. The summed E-state index contributed by atoms with van der Waals surface area (Å²) in [5, 5.41) is 4.96. The third kappa shape index (κ3) is 2.99. The van der Waals surface area contributed by atoms with E-state index in [9.17, 15) is 4.79 Å². The highest BCUT2D eigenvalue weighted by Gasteiger charge is 2.12. The predicted molar refractivity (Wildman–Crippen MR) is 102 cm³/mol. The smallest absolute Gasteiger partial charge is 0.268 e. The zero-order chi connectivity index (χ0) is 17.9. The molecule has 130 valence electrons. The van der Waals surface area contributed by atoms with Gasteiger partial charge in [-0.2, -0.15) is 0 Å². The first-order valence-corrected chi connectivity index (χ1v) is 8.61. The highest BCUT2D eigenvalue weighted by Crippen LogP contribution is 2.24. The van der Waals surface area contributed by atoms with Gasteiger partial charge in [-0.15, -0.1) is 0 Å². The summed E-state index contributed by atoms with van der Waals surface area (Å²) in [5.41, 5.74) is 3.21. The van der Waals surface area contributed by atoms with Gasteiger partial charge in [-0.1, -0.05) is 36.4 Å². The minimum absolute atomic E-state index is 0.156. The Balaban J connectivity index is 1.58. The second kappa shape index (κ2) is 6.88. The van der Waals surface area contributed by atoms with Gasteiger partial charge in [0.25, 0.3) is 5.91 Å². The van der Waals surface area contributed by atoms with Crippen LogP contribution in [-0.4, -0.2) is 22.5 Å². The third-order valence-electron chi connectivity index (χ3n) is 4.32. The fourth-order valence-corrected chi connectivity index (χ4v) is 3.08. The van der Waals surface area contributed by atoms with E-state index in [1.165, 1.54) is 0 Å². The van der Waals surface area contributed by atoms with Crippen LogP contribution in [-0.2, 0) is 6.54 Å². The molecule has 0 fully saturated rings. The van der Waals surface area contributed by atoms with Crippen molar-refractivity contribution in [3.8, 4) is 5.75 Å². The normalized spacial score (nSPS) is 11.0. The van der Waals surface area contributed by atoms with Crippen molar-refractivity contribution in [2.24, 2.45) is 0 Å². The molecule has 0 atom stereocenters. The minimum Gasteiger partial charge on any atom is -0.494 e. The number of rotatable bonds is 5. The number of aromatic amines is 1. The van der Waals surface area contributed by atoms with E-state index in [1.54, 1.807) is 6.20 Å². The molecule has 5 nitrogen and oxygen atoms in total. The van der Waals surface area contributed by atoms with E-state index in [0.717, 1.165) is 33.1 Å². The van der Waals surface area contributed by atoms with Gasteiger partial charge in [0.2, 0.25) is 0 Å². The maximum atomic E-state index is 12.6. The lowest BCUT2D eigenvalue weighted by atomic mass is 10.1. The van der Waals surface area contributed by atoms with Crippen molar-refractivity contribution in [3.63, 3.8) is 0 Å².